The highest BCUT2D eigenvalue weighted by Gasteiger charge is 2.07. The normalized spacial score (nSPS) is 8.68. The Balaban J connectivity index is 0. The number of rotatable bonds is 11. The Morgan fingerprint density at radius 2 is 1.00 bits per heavy atom. The fourth-order valence-corrected chi connectivity index (χ4v) is 1.04. The highest BCUT2D eigenvalue weighted by atomic mass is 16.6. The molecule has 0 saturated carbocycles. The van der Waals surface area contributed by atoms with E-state index in [-0.39, 0.29) is 39.3 Å². The van der Waals surface area contributed by atoms with Crippen LogP contribution in [0.25, 0.3) is 0 Å². The smallest absolute Gasteiger partial charge is 0.330 e. The second-order valence-electron chi connectivity index (χ2n) is 4.09. The maximum atomic E-state index is 11.2. The van der Waals surface area contributed by atoms with Gasteiger partial charge in [0.25, 0.3) is 0 Å². The molecule has 0 fully saturated rings. The third-order valence-corrected chi connectivity index (χ3v) is 2.04. The van der Waals surface area contributed by atoms with Gasteiger partial charge in [0.05, 0.1) is 12.8 Å². The van der Waals surface area contributed by atoms with Crippen LogP contribution in [0.2, 0.25) is 0 Å². The van der Waals surface area contributed by atoms with Crippen molar-refractivity contribution in [2.24, 2.45) is 0 Å². The molecule has 25 heavy (non-hydrogen) atoms. The average Bonchev–Trinajstić information content (AvgIpc) is 2.59. The van der Waals surface area contributed by atoms with Crippen LogP contribution in [0.5, 0.6) is 0 Å². The van der Waals surface area contributed by atoms with Gasteiger partial charge in [0.2, 0.25) is 0 Å². The summed E-state index contributed by atoms with van der Waals surface area (Å²) in [5.74, 6) is -2.43. The fourth-order valence-electron chi connectivity index (χ4n) is 1.04. The van der Waals surface area contributed by atoms with Crippen molar-refractivity contribution in [3.8, 4) is 0 Å². The van der Waals surface area contributed by atoms with Gasteiger partial charge in [0, 0.05) is 12.2 Å². The van der Waals surface area contributed by atoms with E-state index in [0.29, 0.717) is 0 Å². The zero-order chi connectivity index (χ0) is 19.5. The van der Waals surface area contributed by atoms with Crippen molar-refractivity contribution < 1.29 is 38.1 Å². The summed E-state index contributed by atoms with van der Waals surface area (Å²) in [6.07, 6.45) is 3.50. The van der Waals surface area contributed by atoms with Crippen LogP contribution < -0.4 is 0 Å². The number of allylic oxidation sites excluding steroid dienone is 1. The lowest BCUT2D eigenvalue weighted by atomic mass is 10.4. The summed E-state index contributed by atoms with van der Waals surface area (Å²) in [5, 5.41) is 0. The van der Waals surface area contributed by atoms with Gasteiger partial charge in [0.1, 0.15) is 26.4 Å². The maximum Gasteiger partial charge on any atom is 0.330 e. The molecule has 0 aromatic carbocycles. The number of ether oxygens (including phenoxy) is 4. The van der Waals surface area contributed by atoms with Gasteiger partial charge in [-0.2, -0.15) is 0 Å². The molecular formula is C17H24O8. The van der Waals surface area contributed by atoms with Crippen molar-refractivity contribution in [2.45, 2.75) is 19.8 Å². The van der Waals surface area contributed by atoms with Gasteiger partial charge in [-0.05, 0) is 6.92 Å². The van der Waals surface area contributed by atoms with Crippen LogP contribution in [0.3, 0.4) is 0 Å². The van der Waals surface area contributed by atoms with Crippen LogP contribution in [0.15, 0.2) is 38.0 Å². The van der Waals surface area contributed by atoms with E-state index in [1.807, 2.05) is 6.92 Å². The van der Waals surface area contributed by atoms with E-state index < -0.39 is 23.9 Å². The van der Waals surface area contributed by atoms with E-state index in [2.05, 4.69) is 29.2 Å². The molecule has 0 atom stereocenters. The number of hydrogen-bond donors (Lipinski definition) is 0. The molecule has 0 aliphatic rings. The zero-order valence-corrected chi connectivity index (χ0v) is 14.4. The first kappa shape index (κ1) is 24.4. The summed E-state index contributed by atoms with van der Waals surface area (Å²) < 4.78 is 18.6. The number of hydrogen-bond acceptors (Lipinski definition) is 8. The van der Waals surface area contributed by atoms with Crippen LogP contribution in [0.1, 0.15) is 19.8 Å². The van der Waals surface area contributed by atoms with E-state index >= 15 is 0 Å². The van der Waals surface area contributed by atoms with Gasteiger partial charge in [-0.3, -0.25) is 9.59 Å². The minimum absolute atomic E-state index is 0.106. The molecule has 0 unspecified atom stereocenters. The number of carbonyl (C=O) groups is 4. The molecule has 0 bridgehead atoms. The zero-order valence-electron chi connectivity index (χ0n) is 14.4. The fraction of sp³-hybridized carbons (Fsp3) is 0.412. The average molecular weight is 356 g/mol. The molecule has 0 heterocycles. The van der Waals surface area contributed by atoms with Crippen molar-refractivity contribution in [2.75, 3.05) is 26.4 Å². The van der Waals surface area contributed by atoms with E-state index in [9.17, 15) is 19.2 Å². The van der Waals surface area contributed by atoms with Gasteiger partial charge in [-0.25, -0.2) is 9.59 Å². The maximum absolute atomic E-state index is 11.2. The van der Waals surface area contributed by atoms with E-state index in [1.54, 1.807) is 6.08 Å². The molecule has 0 radical (unpaired) electrons. The Kier molecular flexibility index (Phi) is 17.0. The molecule has 0 rings (SSSR count). The van der Waals surface area contributed by atoms with Crippen LogP contribution in [0.4, 0.5) is 0 Å². The first-order valence-electron chi connectivity index (χ1n) is 7.37. The minimum Gasteiger partial charge on any atom is -0.462 e. The largest absolute Gasteiger partial charge is 0.462 e. The first-order valence-corrected chi connectivity index (χ1v) is 7.37. The van der Waals surface area contributed by atoms with Crippen molar-refractivity contribution in [3.63, 3.8) is 0 Å². The monoisotopic (exact) mass is 356 g/mol. The lowest BCUT2D eigenvalue weighted by molar-refractivity contribution is -0.155. The summed E-state index contributed by atoms with van der Waals surface area (Å²) in [7, 11) is 0. The topological polar surface area (TPSA) is 105 Å². The highest BCUT2D eigenvalue weighted by molar-refractivity contribution is 5.81. The molecule has 8 heteroatoms. The Hall–Kier alpha value is -2.90. The van der Waals surface area contributed by atoms with Gasteiger partial charge in [0.15, 0.2) is 0 Å². The molecular weight excluding hydrogens is 332 g/mol. The molecule has 0 N–H and O–H groups in total. The predicted octanol–water partition coefficient (Wildman–Crippen LogP) is 1.50. The van der Waals surface area contributed by atoms with Crippen molar-refractivity contribution in [1.82, 2.24) is 0 Å². The quantitative estimate of drug-likeness (QED) is 0.180. The lowest BCUT2D eigenvalue weighted by Gasteiger charge is -2.06. The van der Waals surface area contributed by atoms with Gasteiger partial charge < -0.3 is 18.9 Å². The standard InChI is InChI=1S/C14H18O8.C3H6/c1-3-11(15)19-7-5-13(17)21-9-10-22-14(18)6-8-20-12(16)4-2;1-3-2/h3-4H,1-2,5-10H2;3H,1H2,2H3. The summed E-state index contributed by atoms with van der Waals surface area (Å²) in [6.45, 7) is 11.2. The van der Waals surface area contributed by atoms with Crippen molar-refractivity contribution in [1.29, 1.82) is 0 Å². The van der Waals surface area contributed by atoms with Crippen LogP contribution in [0, 0.1) is 0 Å². The highest BCUT2D eigenvalue weighted by Crippen LogP contribution is 1.92. The summed E-state index contributed by atoms with van der Waals surface area (Å²) in [5.41, 5.74) is 0. The Morgan fingerprint density at radius 3 is 1.28 bits per heavy atom. The SMILES string of the molecule is C=CC.C=CC(=O)OCCC(=O)OCCOC(=O)CCOC(=O)C=C. The van der Waals surface area contributed by atoms with E-state index in [4.69, 9.17) is 9.47 Å². The molecule has 0 aromatic rings. The lowest BCUT2D eigenvalue weighted by Crippen LogP contribution is -2.16. The Morgan fingerprint density at radius 1 is 0.680 bits per heavy atom. The Bertz CT molecular complexity index is 427. The van der Waals surface area contributed by atoms with Crippen LogP contribution in [-0.2, 0) is 38.1 Å². The second-order valence-corrected chi connectivity index (χ2v) is 4.09. The van der Waals surface area contributed by atoms with Crippen LogP contribution in [-0.4, -0.2) is 50.3 Å². The Labute approximate surface area is 147 Å². The molecule has 0 amide bonds. The van der Waals surface area contributed by atoms with Gasteiger partial charge >= 0.3 is 23.9 Å². The molecule has 0 saturated heterocycles. The van der Waals surface area contributed by atoms with Crippen molar-refractivity contribution >= 4 is 23.9 Å². The molecule has 0 spiro atoms. The number of esters is 4. The van der Waals surface area contributed by atoms with Crippen molar-refractivity contribution in [3.05, 3.63) is 38.0 Å². The third kappa shape index (κ3) is 19.1. The van der Waals surface area contributed by atoms with E-state index in [1.165, 1.54) is 0 Å². The third-order valence-electron chi connectivity index (χ3n) is 2.04. The molecule has 140 valence electrons. The second kappa shape index (κ2) is 17.5. The van der Waals surface area contributed by atoms with Gasteiger partial charge in [-0.15, -0.1) is 6.58 Å². The summed E-state index contributed by atoms with van der Waals surface area (Å²) >= 11 is 0. The van der Waals surface area contributed by atoms with Gasteiger partial charge in [-0.1, -0.05) is 19.2 Å². The predicted molar refractivity (Wildman–Crippen MR) is 89.3 cm³/mol. The van der Waals surface area contributed by atoms with E-state index in [0.717, 1.165) is 12.2 Å². The minimum atomic E-state index is -0.626. The summed E-state index contributed by atoms with van der Waals surface area (Å²) in [6, 6.07) is 0. The van der Waals surface area contributed by atoms with Crippen LogP contribution >= 0.6 is 0 Å². The number of carbonyl (C=O) groups excluding carboxylic acids is 4. The summed E-state index contributed by atoms with van der Waals surface area (Å²) in [4.78, 5) is 43.8. The molecule has 0 aliphatic carbocycles. The molecule has 8 nitrogen and oxygen atoms in total. The molecule has 0 aromatic heterocycles. The first-order chi connectivity index (χ1) is 11.9. The molecule has 0 aliphatic heterocycles.